The second kappa shape index (κ2) is 9.74. The summed E-state index contributed by atoms with van der Waals surface area (Å²) in [6.07, 6.45) is 4.89. The number of thiophene rings is 1. The van der Waals surface area contributed by atoms with Crippen molar-refractivity contribution in [1.82, 2.24) is 25.0 Å². The summed E-state index contributed by atoms with van der Waals surface area (Å²) in [5.41, 5.74) is 0. The quantitative estimate of drug-likeness (QED) is 0.692. The number of hydrogen-bond donors (Lipinski definition) is 1. The van der Waals surface area contributed by atoms with Gasteiger partial charge in [0.2, 0.25) is 11.8 Å². The van der Waals surface area contributed by atoms with Crippen LogP contribution < -0.4 is 5.32 Å². The summed E-state index contributed by atoms with van der Waals surface area (Å²) in [4.78, 5) is 28.3. The van der Waals surface area contributed by atoms with Gasteiger partial charge in [-0.3, -0.25) is 9.59 Å². The molecule has 2 amide bonds. The molecule has 2 unspecified atom stereocenters. The van der Waals surface area contributed by atoms with Gasteiger partial charge in [0.15, 0.2) is 5.82 Å². The molecule has 2 atom stereocenters. The Kier molecular flexibility index (Phi) is 6.82. The second-order valence-corrected chi connectivity index (χ2v) is 9.32. The van der Waals surface area contributed by atoms with Gasteiger partial charge >= 0.3 is 0 Å². The van der Waals surface area contributed by atoms with E-state index in [1.165, 1.54) is 0 Å². The fourth-order valence-corrected chi connectivity index (χ4v) is 4.60. The third-order valence-electron chi connectivity index (χ3n) is 5.84. The highest BCUT2D eigenvalue weighted by Crippen LogP contribution is 2.24. The van der Waals surface area contributed by atoms with Gasteiger partial charge in [-0.25, -0.2) is 0 Å². The Morgan fingerprint density at radius 1 is 1.29 bits per heavy atom. The average molecular weight is 444 g/mol. The van der Waals surface area contributed by atoms with Crippen LogP contribution in [-0.2, 0) is 27.3 Å². The summed E-state index contributed by atoms with van der Waals surface area (Å²) in [6, 6.07) is 3.73. The molecule has 2 aromatic rings. The van der Waals surface area contributed by atoms with E-state index in [1.54, 1.807) is 17.4 Å². The van der Waals surface area contributed by atoms with Crippen LogP contribution in [0.5, 0.6) is 0 Å². The number of nitrogens with zero attached hydrogens (tertiary/aromatic N) is 4. The van der Waals surface area contributed by atoms with Crippen molar-refractivity contribution in [2.24, 2.45) is 11.8 Å². The lowest BCUT2D eigenvalue weighted by Gasteiger charge is -2.24. The van der Waals surface area contributed by atoms with E-state index in [-0.39, 0.29) is 29.7 Å². The summed E-state index contributed by atoms with van der Waals surface area (Å²) in [5, 5.41) is 14.0. The van der Waals surface area contributed by atoms with Crippen molar-refractivity contribution in [3.63, 3.8) is 0 Å². The molecule has 1 N–H and O–H groups in total. The van der Waals surface area contributed by atoms with Crippen LogP contribution in [-0.4, -0.2) is 57.8 Å². The van der Waals surface area contributed by atoms with Crippen LogP contribution in [0.15, 0.2) is 23.6 Å². The molecule has 2 aliphatic rings. The van der Waals surface area contributed by atoms with Gasteiger partial charge in [0.05, 0.1) is 18.6 Å². The molecule has 166 valence electrons. The minimum atomic E-state index is -0.227. The minimum Gasteiger partial charge on any atom is -0.381 e. The minimum absolute atomic E-state index is 0.00334. The number of rotatable bonds is 6. The highest BCUT2D eigenvalue weighted by atomic mass is 32.1. The van der Waals surface area contributed by atoms with Crippen LogP contribution >= 0.6 is 11.3 Å². The Hall–Kier alpha value is -2.52. The van der Waals surface area contributed by atoms with E-state index in [0.29, 0.717) is 39.3 Å². The maximum atomic E-state index is 12.7. The first-order valence-electron chi connectivity index (χ1n) is 10.8. The Labute approximate surface area is 186 Å². The van der Waals surface area contributed by atoms with E-state index < -0.39 is 0 Å². The largest absolute Gasteiger partial charge is 0.381 e. The fourth-order valence-electron chi connectivity index (χ4n) is 3.98. The van der Waals surface area contributed by atoms with Gasteiger partial charge in [-0.15, -0.1) is 21.5 Å². The molecule has 9 heteroatoms. The first-order chi connectivity index (χ1) is 15.0. The molecule has 1 saturated heterocycles. The maximum absolute atomic E-state index is 12.7. The van der Waals surface area contributed by atoms with Crippen molar-refractivity contribution < 1.29 is 14.3 Å². The molecule has 2 aromatic heterocycles. The number of carbonyl (C=O) groups excluding carboxylic acids is 2. The summed E-state index contributed by atoms with van der Waals surface area (Å²) < 4.78 is 7.44. The first kappa shape index (κ1) is 21.7. The van der Waals surface area contributed by atoms with E-state index in [2.05, 4.69) is 33.9 Å². The highest BCUT2D eigenvalue weighted by Gasteiger charge is 2.31. The van der Waals surface area contributed by atoms with Gasteiger partial charge in [0.25, 0.3) is 0 Å². The van der Waals surface area contributed by atoms with Crippen LogP contribution in [0, 0.1) is 11.8 Å². The normalized spacial score (nSPS) is 20.1. The molecule has 2 aliphatic heterocycles. The molecule has 0 saturated carbocycles. The average Bonchev–Trinajstić information content (AvgIpc) is 3.51. The van der Waals surface area contributed by atoms with Crippen molar-refractivity contribution in [3.8, 4) is 0 Å². The molecule has 0 spiro atoms. The smallest absolute Gasteiger partial charge is 0.246 e. The topological polar surface area (TPSA) is 89.3 Å². The van der Waals surface area contributed by atoms with Gasteiger partial charge in [-0.1, -0.05) is 19.9 Å². The Morgan fingerprint density at radius 2 is 2.16 bits per heavy atom. The molecule has 4 rings (SSSR count). The van der Waals surface area contributed by atoms with E-state index in [9.17, 15) is 9.59 Å². The predicted molar refractivity (Wildman–Crippen MR) is 118 cm³/mol. The lowest BCUT2D eigenvalue weighted by Crippen LogP contribution is -2.38. The summed E-state index contributed by atoms with van der Waals surface area (Å²) in [6.45, 7) is 7.05. The molecule has 0 radical (unpaired) electrons. The Morgan fingerprint density at radius 3 is 2.87 bits per heavy atom. The lowest BCUT2D eigenvalue weighted by molar-refractivity contribution is -0.126. The lowest BCUT2D eigenvalue weighted by atomic mass is 10.0. The molecule has 0 bridgehead atoms. The number of nitrogens with one attached hydrogen (secondary N) is 1. The molecule has 1 fully saturated rings. The zero-order valence-corrected chi connectivity index (χ0v) is 18.8. The zero-order chi connectivity index (χ0) is 21.8. The Balaban J connectivity index is 1.44. The van der Waals surface area contributed by atoms with Crippen molar-refractivity contribution in [3.05, 3.63) is 40.1 Å². The van der Waals surface area contributed by atoms with E-state index >= 15 is 0 Å². The van der Waals surface area contributed by atoms with Gasteiger partial charge in [-0.2, -0.15) is 0 Å². The van der Waals surface area contributed by atoms with Crippen molar-refractivity contribution >= 4 is 29.2 Å². The van der Waals surface area contributed by atoms with Crippen LogP contribution in [0.1, 0.15) is 42.8 Å². The van der Waals surface area contributed by atoms with E-state index in [4.69, 9.17) is 4.74 Å². The number of aromatic nitrogens is 3. The zero-order valence-electron chi connectivity index (χ0n) is 18.0. The molecule has 4 heterocycles. The summed E-state index contributed by atoms with van der Waals surface area (Å²) in [7, 11) is 0. The van der Waals surface area contributed by atoms with Crippen LogP contribution in [0.3, 0.4) is 0 Å². The Bertz CT molecular complexity index is 931. The van der Waals surface area contributed by atoms with E-state index in [0.717, 1.165) is 22.9 Å². The molecule has 0 aromatic carbocycles. The van der Waals surface area contributed by atoms with Crippen molar-refractivity contribution in [1.29, 1.82) is 0 Å². The van der Waals surface area contributed by atoms with Gasteiger partial charge < -0.3 is 19.5 Å². The number of fused-ring (bicyclic) bond motifs is 1. The highest BCUT2D eigenvalue weighted by molar-refractivity contribution is 7.10. The van der Waals surface area contributed by atoms with Gasteiger partial charge in [0, 0.05) is 43.6 Å². The van der Waals surface area contributed by atoms with Crippen LogP contribution in [0.2, 0.25) is 0 Å². The third-order valence-corrected chi connectivity index (χ3v) is 6.68. The second-order valence-electron chi connectivity index (χ2n) is 8.34. The molecule has 31 heavy (non-hydrogen) atoms. The van der Waals surface area contributed by atoms with Crippen molar-refractivity contribution in [2.45, 2.75) is 39.3 Å². The molecular formula is C22H29N5O3S. The summed E-state index contributed by atoms with van der Waals surface area (Å²) >= 11 is 1.61. The number of ether oxygens (including phenoxy) is 1. The van der Waals surface area contributed by atoms with Gasteiger partial charge in [-0.05, 0) is 29.9 Å². The van der Waals surface area contributed by atoms with Gasteiger partial charge in [0.1, 0.15) is 5.82 Å². The van der Waals surface area contributed by atoms with Crippen molar-refractivity contribution in [2.75, 3.05) is 26.3 Å². The summed E-state index contributed by atoms with van der Waals surface area (Å²) in [5.74, 6) is 1.70. The molecular weight excluding hydrogens is 414 g/mol. The standard InChI is InChI=1S/C22H29N5O3S/c1-15(2)20(23-22(29)16-8-12-30-14-16)21-25-24-18-7-9-26(10-11-27(18)21)19(28)6-5-17-4-3-13-31-17/h3-6,13,15-16,20H,7-12,14H2,1-2H3,(H,23,29). The number of amides is 2. The molecule has 8 nitrogen and oxygen atoms in total. The number of hydrogen-bond acceptors (Lipinski definition) is 6. The predicted octanol–water partition coefficient (Wildman–Crippen LogP) is 2.29. The number of carbonyl (C=O) groups is 2. The monoisotopic (exact) mass is 443 g/mol. The van der Waals surface area contributed by atoms with E-state index in [1.807, 2.05) is 28.5 Å². The fraction of sp³-hybridized carbons (Fsp3) is 0.545. The first-order valence-corrected chi connectivity index (χ1v) is 11.7. The SMILES string of the molecule is CC(C)C(NC(=O)C1CCOC1)c1nnc2n1CCN(C(=O)C=Cc1cccs1)CC2. The third kappa shape index (κ3) is 5.04. The van der Waals surface area contributed by atoms with Crippen LogP contribution in [0.4, 0.5) is 0 Å². The van der Waals surface area contributed by atoms with Crippen LogP contribution in [0.25, 0.3) is 6.08 Å². The molecule has 0 aliphatic carbocycles. The maximum Gasteiger partial charge on any atom is 0.246 e.